The minimum absolute atomic E-state index is 0.110. The van der Waals surface area contributed by atoms with E-state index < -0.39 is 8.32 Å². The first-order chi connectivity index (χ1) is 13.2. The third kappa shape index (κ3) is 4.52. The predicted molar refractivity (Wildman–Crippen MR) is 115 cm³/mol. The van der Waals surface area contributed by atoms with Gasteiger partial charge in [-0.15, -0.1) is 0 Å². The van der Waals surface area contributed by atoms with Gasteiger partial charge in [0.15, 0.2) is 14.1 Å². The van der Waals surface area contributed by atoms with Crippen molar-refractivity contribution in [3.63, 3.8) is 0 Å². The lowest BCUT2D eigenvalue weighted by atomic mass is 10.1. The fourth-order valence-corrected chi connectivity index (χ4v) is 3.99. The van der Waals surface area contributed by atoms with Crippen molar-refractivity contribution in [2.75, 3.05) is 36.0 Å². The maximum Gasteiger partial charge on any atom is 0.192 e. The normalized spacial score (nSPS) is 15.8. The number of aromatic nitrogens is 2. The van der Waals surface area contributed by atoms with Gasteiger partial charge < -0.3 is 14.2 Å². The summed E-state index contributed by atoms with van der Waals surface area (Å²) in [5, 5.41) is 0.110. The molecular formula is C21H31FN4OSi. The summed E-state index contributed by atoms with van der Waals surface area (Å²) >= 11 is 0. The van der Waals surface area contributed by atoms with Gasteiger partial charge in [0.2, 0.25) is 0 Å². The Hall–Kier alpha value is -1.99. The van der Waals surface area contributed by atoms with Crippen LogP contribution in [0.25, 0.3) is 0 Å². The first-order valence-corrected chi connectivity index (χ1v) is 12.8. The number of piperazine rings is 1. The highest BCUT2D eigenvalue weighted by molar-refractivity contribution is 6.74. The van der Waals surface area contributed by atoms with Gasteiger partial charge in [-0.2, -0.15) is 0 Å². The van der Waals surface area contributed by atoms with E-state index in [9.17, 15) is 0 Å². The molecule has 0 N–H and O–H groups in total. The first-order valence-electron chi connectivity index (χ1n) is 9.86. The molecule has 0 saturated carbocycles. The number of hydrogen-bond acceptors (Lipinski definition) is 5. The van der Waals surface area contributed by atoms with Gasteiger partial charge >= 0.3 is 0 Å². The monoisotopic (exact) mass is 402 g/mol. The van der Waals surface area contributed by atoms with Gasteiger partial charge in [0.05, 0.1) is 12.3 Å². The number of hydrogen-bond donors (Lipinski definition) is 0. The molecule has 0 radical (unpaired) electrons. The Morgan fingerprint density at radius 1 is 1.07 bits per heavy atom. The maximum atomic E-state index is 15.2. The second-order valence-corrected chi connectivity index (χ2v) is 13.7. The van der Waals surface area contributed by atoms with Gasteiger partial charge in [-0.05, 0) is 30.3 Å². The third-order valence-corrected chi connectivity index (χ3v) is 10.4. The number of benzene rings is 1. The van der Waals surface area contributed by atoms with Crippen LogP contribution in [0.2, 0.25) is 18.1 Å². The molecule has 1 saturated heterocycles. The van der Waals surface area contributed by atoms with Crippen LogP contribution in [0.4, 0.5) is 15.9 Å². The Balaban J connectivity index is 1.67. The number of halogens is 1. The molecule has 1 aliphatic heterocycles. The molecule has 28 heavy (non-hydrogen) atoms. The van der Waals surface area contributed by atoms with Gasteiger partial charge in [0, 0.05) is 37.9 Å². The van der Waals surface area contributed by atoms with E-state index in [1.807, 2.05) is 24.3 Å². The Labute approximate surface area is 168 Å². The van der Waals surface area contributed by atoms with Crippen LogP contribution in [-0.4, -0.2) is 44.5 Å². The van der Waals surface area contributed by atoms with Gasteiger partial charge in [-0.3, -0.25) is 0 Å². The summed E-state index contributed by atoms with van der Waals surface area (Å²) < 4.78 is 21.4. The third-order valence-electron chi connectivity index (χ3n) is 5.96. The van der Waals surface area contributed by atoms with E-state index in [2.05, 4.69) is 53.6 Å². The maximum absolute atomic E-state index is 15.2. The summed E-state index contributed by atoms with van der Waals surface area (Å²) in [6.07, 6.45) is 3.31. The summed E-state index contributed by atoms with van der Waals surface area (Å²) in [6.45, 7) is 14.4. The topological polar surface area (TPSA) is 41.5 Å². The Kier molecular flexibility index (Phi) is 6.05. The van der Waals surface area contributed by atoms with Crippen molar-refractivity contribution in [3.8, 4) is 0 Å². The highest BCUT2D eigenvalue weighted by Crippen LogP contribution is 2.37. The van der Waals surface area contributed by atoms with E-state index in [0.717, 1.165) is 32.0 Å². The minimum atomic E-state index is -1.91. The van der Waals surface area contributed by atoms with E-state index in [1.165, 1.54) is 0 Å². The zero-order chi connectivity index (χ0) is 20.4. The fraction of sp³-hybridized carbons (Fsp3) is 0.524. The number of nitrogens with zero attached hydrogens (tertiary/aromatic N) is 4. The average molecular weight is 403 g/mol. The molecule has 1 aliphatic rings. The second kappa shape index (κ2) is 8.17. The van der Waals surface area contributed by atoms with E-state index in [4.69, 9.17) is 4.43 Å². The van der Waals surface area contributed by atoms with Crippen LogP contribution in [0.1, 0.15) is 26.3 Å². The van der Waals surface area contributed by atoms with Crippen LogP contribution in [0.15, 0.2) is 36.8 Å². The van der Waals surface area contributed by atoms with Crippen molar-refractivity contribution >= 4 is 19.8 Å². The van der Waals surface area contributed by atoms with E-state index >= 15 is 4.39 Å². The van der Waals surface area contributed by atoms with Crippen LogP contribution in [-0.2, 0) is 11.0 Å². The average Bonchev–Trinajstić information content (AvgIpc) is 2.67. The molecule has 0 bridgehead atoms. The summed E-state index contributed by atoms with van der Waals surface area (Å²) in [4.78, 5) is 12.6. The van der Waals surface area contributed by atoms with Crippen molar-refractivity contribution in [1.82, 2.24) is 9.97 Å². The molecular weight excluding hydrogens is 371 g/mol. The molecule has 2 aromatic rings. The molecule has 152 valence electrons. The molecule has 7 heteroatoms. The van der Waals surface area contributed by atoms with Crippen LogP contribution in [0, 0.1) is 5.82 Å². The molecule has 3 rings (SSSR count). The molecule has 1 fully saturated rings. The first kappa shape index (κ1) is 20.7. The second-order valence-electron chi connectivity index (χ2n) is 8.84. The molecule has 0 amide bonds. The van der Waals surface area contributed by atoms with Crippen molar-refractivity contribution in [1.29, 1.82) is 0 Å². The molecule has 0 aliphatic carbocycles. The molecule has 0 spiro atoms. The van der Waals surface area contributed by atoms with E-state index in [-0.39, 0.29) is 10.9 Å². The Bertz CT molecular complexity index is 787. The van der Waals surface area contributed by atoms with Gasteiger partial charge in [-0.1, -0.05) is 32.9 Å². The molecule has 2 heterocycles. The summed E-state index contributed by atoms with van der Waals surface area (Å²) in [6, 6.07) is 7.54. The number of rotatable bonds is 5. The largest absolute Gasteiger partial charge is 0.412 e. The van der Waals surface area contributed by atoms with Crippen LogP contribution >= 0.6 is 0 Å². The lowest BCUT2D eigenvalue weighted by Crippen LogP contribution is -2.47. The smallest absolute Gasteiger partial charge is 0.192 e. The molecule has 0 atom stereocenters. The molecule has 1 aromatic heterocycles. The van der Waals surface area contributed by atoms with Crippen LogP contribution < -0.4 is 9.80 Å². The van der Waals surface area contributed by atoms with Crippen LogP contribution in [0.5, 0.6) is 0 Å². The lowest BCUT2D eigenvalue weighted by Gasteiger charge is -2.37. The van der Waals surface area contributed by atoms with Gasteiger partial charge in [0.25, 0.3) is 0 Å². The molecule has 0 unspecified atom stereocenters. The SMILES string of the molecule is CC(C)(C)[Si](C)(C)OCc1cccc(N2CCN(c3ccncn3)CC2)c1F. The van der Waals surface area contributed by atoms with Gasteiger partial charge in [-0.25, -0.2) is 14.4 Å². The highest BCUT2D eigenvalue weighted by Gasteiger charge is 2.37. The van der Waals surface area contributed by atoms with E-state index in [0.29, 0.717) is 17.9 Å². The molecule has 5 nitrogen and oxygen atoms in total. The summed E-state index contributed by atoms with van der Waals surface area (Å²) in [5.41, 5.74) is 1.30. The summed E-state index contributed by atoms with van der Waals surface area (Å²) in [7, 11) is -1.91. The van der Waals surface area contributed by atoms with Crippen molar-refractivity contribution in [3.05, 3.63) is 48.2 Å². The fourth-order valence-electron chi connectivity index (χ4n) is 3.04. The highest BCUT2D eigenvalue weighted by atomic mass is 28.4. The van der Waals surface area contributed by atoms with Crippen molar-refractivity contribution in [2.24, 2.45) is 0 Å². The Morgan fingerprint density at radius 2 is 1.75 bits per heavy atom. The Morgan fingerprint density at radius 3 is 2.36 bits per heavy atom. The zero-order valence-corrected chi connectivity index (χ0v) is 18.6. The molecule has 1 aromatic carbocycles. The van der Waals surface area contributed by atoms with Crippen molar-refractivity contribution < 1.29 is 8.82 Å². The lowest BCUT2D eigenvalue weighted by molar-refractivity contribution is 0.271. The quantitative estimate of drug-likeness (QED) is 0.691. The standard InChI is InChI=1S/C21H31FN4OSi/c1-21(2,3)28(4,5)27-15-17-7-6-8-18(20(17)22)25-11-13-26(14-12-25)19-9-10-23-16-24-19/h6-10,16H,11-15H2,1-5H3. The predicted octanol–water partition coefficient (Wildman–Crippen LogP) is 4.46. The van der Waals surface area contributed by atoms with Crippen LogP contribution in [0.3, 0.4) is 0 Å². The number of anilines is 2. The van der Waals surface area contributed by atoms with Crippen molar-refractivity contribution in [2.45, 2.75) is 45.5 Å². The van der Waals surface area contributed by atoms with Gasteiger partial charge in [0.1, 0.15) is 12.1 Å². The van der Waals surface area contributed by atoms with E-state index in [1.54, 1.807) is 12.5 Å². The minimum Gasteiger partial charge on any atom is -0.412 e. The zero-order valence-electron chi connectivity index (χ0n) is 17.6. The summed E-state index contributed by atoms with van der Waals surface area (Å²) in [5.74, 6) is 0.767.